The van der Waals surface area contributed by atoms with E-state index in [0.29, 0.717) is 6.42 Å². The molecule has 3 heterocycles. The number of fused-ring (bicyclic) bond motifs is 1. The predicted molar refractivity (Wildman–Crippen MR) is 311 cm³/mol. The molecule has 0 bridgehead atoms. The van der Waals surface area contributed by atoms with Crippen molar-refractivity contribution in [3.63, 3.8) is 0 Å². The van der Waals surface area contributed by atoms with Crippen LogP contribution in [-0.4, -0.2) is 128 Å². The van der Waals surface area contributed by atoms with E-state index in [2.05, 4.69) is 102 Å². The number of aromatic nitrogens is 4. The van der Waals surface area contributed by atoms with Crippen LogP contribution in [0.5, 0.6) is 0 Å². The third kappa shape index (κ3) is 30.1. The Labute approximate surface area is 484 Å². The van der Waals surface area contributed by atoms with Gasteiger partial charge in [0.15, 0.2) is 22.8 Å². The molecule has 1 fully saturated rings. The van der Waals surface area contributed by atoms with Crippen LogP contribution in [0.1, 0.15) is 155 Å². The standard InChI is InChI=1S/C53H86N7O18P3S/c1-4-5-6-7-8-9-10-11-12-13-14-15-16-17-18-19-20-21-22-23-24-25-26-27-28-29-30-31-41(61)36-44(63)82-35-34-55-43(62)32-33-56-51(66)48(65)53(2,3)38-75-81(72,73)78-80(70,71)74-37-42-47(77-79(67,68)69)46(64)52(76-42)60-40-59-45-49(54)57-39-58-50(45)60/h5-6,8-9,11-12,14-15,17-18,39-40,42,46-48,52,64-65H,4,7,10,13,16,19-38H2,1-3H3,(H,55,62)(H,56,66)(H,70,71)(H,72,73)(H2,54,57,58)(H2,67,68,69). The summed E-state index contributed by atoms with van der Waals surface area (Å²) in [4.78, 5) is 101. The molecule has 7 atom stereocenters. The first-order valence-electron chi connectivity index (χ1n) is 27.8. The number of carbonyl (C=O) groups is 4. The van der Waals surface area contributed by atoms with Gasteiger partial charge < -0.3 is 50.9 Å². The molecule has 10 N–H and O–H groups in total. The molecule has 0 saturated carbocycles. The molecule has 7 unspecified atom stereocenters. The molecular formula is C53H86N7O18P3S. The number of Topliss-reactive ketones (excluding diaryl/α,β-unsaturated/α-hetero) is 1. The van der Waals surface area contributed by atoms with E-state index in [4.69, 9.17) is 19.5 Å². The molecule has 3 rings (SSSR count). The fraction of sp³-hybridized carbons (Fsp3) is 0.642. The van der Waals surface area contributed by atoms with Crippen LogP contribution in [-0.2, 0) is 55.5 Å². The van der Waals surface area contributed by atoms with Gasteiger partial charge in [-0.2, -0.15) is 4.31 Å². The lowest BCUT2D eigenvalue weighted by Crippen LogP contribution is -2.46. The first-order valence-corrected chi connectivity index (χ1v) is 33.3. The van der Waals surface area contributed by atoms with Gasteiger partial charge in [-0.25, -0.2) is 28.6 Å². The zero-order valence-corrected chi connectivity index (χ0v) is 50.7. The van der Waals surface area contributed by atoms with Gasteiger partial charge in [-0.15, -0.1) is 0 Å². The number of allylic oxidation sites excluding steroid dienone is 10. The third-order valence-corrected chi connectivity index (χ3v) is 16.6. The number of nitrogens with zero attached hydrogens (tertiary/aromatic N) is 4. The smallest absolute Gasteiger partial charge is 0.386 e. The number of rotatable bonds is 44. The molecule has 462 valence electrons. The van der Waals surface area contributed by atoms with Gasteiger partial charge in [0, 0.05) is 37.1 Å². The average Bonchev–Trinajstić information content (AvgIpc) is 4.16. The molecule has 1 saturated heterocycles. The number of phosphoric ester groups is 3. The van der Waals surface area contributed by atoms with Crippen molar-refractivity contribution in [1.82, 2.24) is 30.2 Å². The largest absolute Gasteiger partial charge is 0.481 e. The molecule has 1 aliphatic heterocycles. The van der Waals surface area contributed by atoms with Gasteiger partial charge >= 0.3 is 23.5 Å². The second kappa shape index (κ2) is 38.8. The van der Waals surface area contributed by atoms with Crippen molar-refractivity contribution in [2.24, 2.45) is 5.41 Å². The molecule has 0 aromatic carbocycles. The van der Waals surface area contributed by atoms with E-state index >= 15 is 0 Å². The highest BCUT2D eigenvalue weighted by molar-refractivity contribution is 8.13. The fourth-order valence-corrected chi connectivity index (χ4v) is 11.7. The van der Waals surface area contributed by atoms with Crippen LogP contribution in [0.3, 0.4) is 0 Å². The lowest BCUT2D eigenvalue weighted by atomic mass is 9.87. The molecule has 25 nitrogen and oxygen atoms in total. The van der Waals surface area contributed by atoms with Crippen LogP contribution < -0.4 is 16.4 Å². The molecule has 0 spiro atoms. The number of hydrogen-bond acceptors (Lipinski definition) is 19. The summed E-state index contributed by atoms with van der Waals surface area (Å²) in [5, 5.41) is 26.3. The summed E-state index contributed by atoms with van der Waals surface area (Å²) in [6, 6.07) is 0. The molecule has 0 aliphatic carbocycles. The quantitative estimate of drug-likeness (QED) is 0.0130. The Morgan fingerprint density at radius 3 is 1.93 bits per heavy atom. The predicted octanol–water partition coefficient (Wildman–Crippen LogP) is 8.45. The van der Waals surface area contributed by atoms with Crippen molar-refractivity contribution in [2.75, 3.05) is 37.8 Å². The summed E-state index contributed by atoms with van der Waals surface area (Å²) in [5.41, 5.74) is 4.25. The first-order chi connectivity index (χ1) is 38.9. The summed E-state index contributed by atoms with van der Waals surface area (Å²) in [6.07, 6.45) is 34.1. The minimum Gasteiger partial charge on any atom is -0.386 e. The number of nitrogens with two attached hydrogens (primary N) is 1. The Morgan fingerprint density at radius 2 is 1.33 bits per heavy atom. The number of anilines is 1. The molecule has 29 heteroatoms. The SMILES string of the molecule is CCC=CCC=CCC=CCC=CCC=CCCCCCCCCCCCCCC(=O)CC(=O)SCCNC(=O)CCNC(=O)C(O)C(C)(C)COP(=O)(O)OP(=O)(O)OCC1OC(n2cnc3c(N)ncnc32)C(O)C1OP(=O)(O)O. The van der Waals surface area contributed by atoms with Crippen LogP contribution in [0, 0.1) is 5.41 Å². The van der Waals surface area contributed by atoms with Crippen LogP contribution in [0.4, 0.5) is 5.82 Å². The summed E-state index contributed by atoms with van der Waals surface area (Å²) in [5.74, 6) is -1.41. The lowest BCUT2D eigenvalue weighted by Gasteiger charge is -2.30. The second-order valence-electron chi connectivity index (χ2n) is 20.1. The molecule has 0 radical (unpaired) electrons. The second-order valence-corrected chi connectivity index (χ2v) is 25.5. The summed E-state index contributed by atoms with van der Waals surface area (Å²) < 4.78 is 62.6. The zero-order chi connectivity index (χ0) is 60.4. The Balaban J connectivity index is 1.18. The van der Waals surface area contributed by atoms with E-state index in [-0.39, 0.29) is 59.6 Å². The highest BCUT2D eigenvalue weighted by atomic mass is 32.2. The van der Waals surface area contributed by atoms with Crippen LogP contribution in [0.25, 0.3) is 11.2 Å². The molecule has 82 heavy (non-hydrogen) atoms. The van der Waals surface area contributed by atoms with E-state index in [0.717, 1.165) is 93.2 Å². The van der Waals surface area contributed by atoms with E-state index in [9.17, 15) is 62.7 Å². The zero-order valence-electron chi connectivity index (χ0n) is 47.2. The number of imidazole rings is 1. The normalized spacial score (nSPS) is 19.0. The van der Waals surface area contributed by atoms with Crippen molar-refractivity contribution >= 4 is 74.9 Å². The van der Waals surface area contributed by atoms with Crippen LogP contribution >= 0.6 is 35.2 Å². The van der Waals surface area contributed by atoms with E-state index in [1.54, 1.807) is 0 Å². The number of aliphatic hydroxyl groups excluding tert-OH is 2. The number of unbranched alkanes of at least 4 members (excludes halogenated alkanes) is 11. The van der Waals surface area contributed by atoms with Crippen molar-refractivity contribution in [3.05, 3.63) is 73.4 Å². The Bertz CT molecular complexity index is 2580. The lowest BCUT2D eigenvalue weighted by molar-refractivity contribution is -0.137. The van der Waals surface area contributed by atoms with E-state index in [1.165, 1.54) is 58.8 Å². The number of phosphoric acid groups is 3. The van der Waals surface area contributed by atoms with Gasteiger partial charge in [0.2, 0.25) is 11.8 Å². The average molecular weight is 1230 g/mol. The van der Waals surface area contributed by atoms with Gasteiger partial charge in [0.1, 0.15) is 42.0 Å². The summed E-state index contributed by atoms with van der Waals surface area (Å²) in [6.45, 7) is 2.47. The topological polar surface area (TPSA) is 381 Å². The highest BCUT2D eigenvalue weighted by Gasteiger charge is 2.50. The third-order valence-electron chi connectivity index (χ3n) is 12.6. The molecule has 2 aromatic heterocycles. The van der Waals surface area contributed by atoms with Gasteiger partial charge in [0.05, 0.1) is 26.0 Å². The van der Waals surface area contributed by atoms with Crippen molar-refractivity contribution in [2.45, 2.75) is 180 Å². The van der Waals surface area contributed by atoms with E-state index in [1.807, 2.05) is 0 Å². The van der Waals surface area contributed by atoms with Crippen LogP contribution in [0.15, 0.2) is 73.4 Å². The number of ketones is 1. The van der Waals surface area contributed by atoms with Gasteiger partial charge in [-0.05, 0) is 51.4 Å². The van der Waals surface area contributed by atoms with E-state index < -0.39 is 84.6 Å². The monoisotopic (exact) mass is 1230 g/mol. The van der Waals surface area contributed by atoms with Gasteiger partial charge in [-0.3, -0.25) is 37.3 Å². The van der Waals surface area contributed by atoms with Gasteiger partial charge in [0.25, 0.3) is 0 Å². The summed E-state index contributed by atoms with van der Waals surface area (Å²) >= 11 is 0.939. The molecule has 2 aromatic rings. The maximum Gasteiger partial charge on any atom is 0.481 e. The molecular weight excluding hydrogens is 1150 g/mol. The fourth-order valence-electron chi connectivity index (χ4n) is 8.14. The number of nitrogen functional groups attached to an aromatic ring is 1. The number of carbonyl (C=O) groups excluding carboxylic acids is 4. The van der Waals surface area contributed by atoms with Gasteiger partial charge in [-0.1, -0.05) is 151 Å². The Morgan fingerprint density at radius 1 is 0.768 bits per heavy atom. The number of hydrogen-bond donors (Lipinski definition) is 9. The van der Waals surface area contributed by atoms with Crippen LogP contribution in [0.2, 0.25) is 0 Å². The number of amides is 2. The van der Waals surface area contributed by atoms with Crippen molar-refractivity contribution in [1.29, 1.82) is 0 Å². The number of nitrogens with one attached hydrogen (secondary N) is 2. The maximum absolute atomic E-state index is 12.8. The number of thioether (sulfide) groups is 1. The Hall–Kier alpha value is -4.07. The highest BCUT2D eigenvalue weighted by Crippen LogP contribution is 2.61. The minimum absolute atomic E-state index is 0.0252. The first kappa shape index (κ1) is 72.2. The summed E-state index contributed by atoms with van der Waals surface area (Å²) in [7, 11) is -16.5. The minimum atomic E-state index is -5.60. The van der Waals surface area contributed by atoms with Crippen molar-refractivity contribution in [3.8, 4) is 0 Å². The Kier molecular flexibility index (Phi) is 34.1. The molecule has 1 aliphatic rings. The van der Waals surface area contributed by atoms with Crippen molar-refractivity contribution < 1.29 is 85.3 Å². The number of aliphatic hydroxyl groups is 2. The molecule has 2 amide bonds. The maximum atomic E-state index is 12.8. The number of ether oxygens (including phenoxy) is 1.